The quantitative estimate of drug-likeness (QED) is 0.172. The van der Waals surface area contributed by atoms with Gasteiger partial charge in [-0.3, -0.25) is 9.59 Å². The largest absolute Gasteiger partial charge is 0.480 e. The number of carboxylic acid groups (broad SMARTS) is 1. The Morgan fingerprint density at radius 1 is 0.884 bits per heavy atom. The Morgan fingerprint density at radius 3 is 1.79 bits per heavy atom. The number of hydrogen-bond donors (Lipinski definition) is 5. The van der Waals surface area contributed by atoms with Crippen molar-refractivity contribution in [3.8, 4) is 0 Å². The van der Waals surface area contributed by atoms with Gasteiger partial charge in [-0.25, -0.2) is 26.6 Å². The zero-order chi connectivity index (χ0) is 31.6. The Kier molecular flexibility index (Phi) is 12.9. The summed E-state index contributed by atoms with van der Waals surface area (Å²) in [4.78, 5) is 39.8. The Labute approximate surface area is 254 Å². The molecule has 2 aliphatic rings. The number of nitrogens with zero attached hydrogens (tertiary/aromatic N) is 1. The van der Waals surface area contributed by atoms with Crippen LogP contribution in [0.15, 0.2) is 34.1 Å². The lowest BCUT2D eigenvalue weighted by atomic mass is 9.84. The maximum atomic E-state index is 13.3. The highest BCUT2D eigenvalue weighted by Crippen LogP contribution is 2.27. The number of amides is 2. The van der Waals surface area contributed by atoms with Gasteiger partial charge in [0, 0.05) is 12.2 Å². The third kappa shape index (κ3) is 10.8. The van der Waals surface area contributed by atoms with E-state index < -0.39 is 44.3 Å². The molecule has 0 bridgehead atoms. The fourth-order valence-corrected chi connectivity index (χ4v) is 7.27. The summed E-state index contributed by atoms with van der Waals surface area (Å²) in [5.41, 5.74) is 0. The lowest BCUT2D eigenvalue weighted by molar-refractivity contribution is -0.150. The predicted molar refractivity (Wildman–Crippen MR) is 160 cm³/mol. The molecule has 1 unspecified atom stereocenters. The molecule has 43 heavy (non-hydrogen) atoms. The van der Waals surface area contributed by atoms with Crippen molar-refractivity contribution in [2.24, 2.45) is 17.8 Å². The first-order valence-electron chi connectivity index (χ1n) is 14.8. The van der Waals surface area contributed by atoms with Crippen LogP contribution in [0.4, 0.5) is 0 Å². The lowest BCUT2D eigenvalue weighted by Crippen LogP contribution is -2.56. The second-order valence-corrected chi connectivity index (χ2v) is 15.2. The first kappa shape index (κ1) is 34.9. The van der Waals surface area contributed by atoms with Crippen molar-refractivity contribution in [3.63, 3.8) is 0 Å². The fraction of sp³-hybridized carbons (Fsp3) is 0.679. The summed E-state index contributed by atoms with van der Waals surface area (Å²) in [6.07, 6.45) is 8.37. The zero-order valence-corrected chi connectivity index (χ0v) is 26.5. The molecular formula is C28H45N5O8S2. The number of carbonyl (C=O) groups excluding carboxylic acids is 2. The van der Waals surface area contributed by atoms with Gasteiger partial charge in [0.2, 0.25) is 5.91 Å². The molecule has 1 aromatic carbocycles. The third-order valence-corrected chi connectivity index (χ3v) is 10.8. The minimum atomic E-state index is -4.47. The number of carboxylic acids is 1. The molecule has 3 rings (SSSR count). The van der Waals surface area contributed by atoms with Gasteiger partial charge in [0.05, 0.1) is 16.3 Å². The van der Waals surface area contributed by atoms with Crippen molar-refractivity contribution >= 4 is 37.6 Å². The maximum Gasteiger partial charge on any atom is 0.327 e. The van der Waals surface area contributed by atoms with E-state index in [2.05, 4.69) is 16.0 Å². The van der Waals surface area contributed by atoms with Gasteiger partial charge in [0.25, 0.3) is 15.9 Å². The summed E-state index contributed by atoms with van der Waals surface area (Å²) in [5.74, 6) is -1.97. The second kappa shape index (κ2) is 15.9. The van der Waals surface area contributed by atoms with E-state index in [1.54, 1.807) is 0 Å². The van der Waals surface area contributed by atoms with E-state index in [0.717, 1.165) is 102 Å². The van der Waals surface area contributed by atoms with Crippen LogP contribution in [-0.2, 0) is 34.2 Å². The van der Waals surface area contributed by atoms with Crippen molar-refractivity contribution in [1.29, 1.82) is 0 Å². The number of sulfonamides is 1. The molecule has 0 saturated carbocycles. The topological polar surface area (TPSA) is 191 Å². The SMILES string of the molecule is CC(C(=O)O)N(NS(=O)(=O)c1ccc(S(C)(=O)=O)cc1)C(=O)CNC(=O)C(CCC1CCNCC1)CCC1CCNCC1. The van der Waals surface area contributed by atoms with Crippen LogP contribution in [0.1, 0.15) is 58.3 Å². The first-order valence-corrected chi connectivity index (χ1v) is 18.2. The molecule has 2 saturated heterocycles. The van der Waals surface area contributed by atoms with Gasteiger partial charge in [0.15, 0.2) is 9.84 Å². The molecule has 0 radical (unpaired) electrons. The summed E-state index contributed by atoms with van der Waals surface area (Å²) in [7, 11) is -8.04. The number of aliphatic carboxylic acids is 1. The average molecular weight is 644 g/mol. The van der Waals surface area contributed by atoms with E-state index in [-0.39, 0.29) is 21.6 Å². The second-order valence-electron chi connectivity index (χ2n) is 11.6. The van der Waals surface area contributed by atoms with Crippen molar-refractivity contribution in [2.45, 2.75) is 74.1 Å². The fourth-order valence-electron chi connectivity index (χ4n) is 5.52. The van der Waals surface area contributed by atoms with E-state index in [4.69, 9.17) is 0 Å². The Morgan fingerprint density at radius 2 is 1.35 bits per heavy atom. The van der Waals surface area contributed by atoms with Crippen molar-refractivity contribution < 1.29 is 36.3 Å². The van der Waals surface area contributed by atoms with Crippen LogP contribution in [0.5, 0.6) is 0 Å². The number of carbonyl (C=O) groups is 3. The van der Waals surface area contributed by atoms with Gasteiger partial charge in [-0.1, -0.05) is 0 Å². The van der Waals surface area contributed by atoms with Crippen molar-refractivity contribution in [1.82, 2.24) is 25.8 Å². The molecule has 2 aliphatic heterocycles. The van der Waals surface area contributed by atoms with E-state index in [1.807, 2.05) is 4.83 Å². The number of nitrogens with one attached hydrogen (secondary N) is 4. The van der Waals surface area contributed by atoms with Gasteiger partial charge < -0.3 is 21.1 Å². The molecule has 15 heteroatoms. The molecule has 2 heterocycles. The predicted octanol–water partition coefficient (Wildman–Crippen LogP) is 0.877. The highest BCUT2D eigenvalue weighted by atomic mass is 32.2. The number of hydrogen-bond acceptors (Lipinski definition) is 9. The van der Waals surface area contributed by atoms with Gasteiger partial charge in [-0.15, -0.1) is 4.83 Å². The lowest BCUT2D eigenvalue weighted by Gasteiger charge is -2.28. The Bertz CT molecular complexity index is 1290. The molecule has 0 aromatic heterocycles. The van der Waals surface area contributed by atoms with Gasteiger partial charge in [-0.05, 0) is 121 Å². The van der Waals surface area contributed by atoms with Crippen molar-refractivity contribution in [3.05, 3.63) is 24.3 Å². The standard InChI is InChI=1S/C28H45N5O8S2/c1-20(28(36)37)33(32-43(40,41)25-9-7-24(8-10-25)42(2,38)39)26(34)19-31-27(35)23(5-3-21-11-15-29-16-12-21)6-4-22-13-17-30-18-14-22/h7-10,20-23,29-30,32H,3-6,11-19H2,1-2H3,(H,31,35)(H,36,37). The molecule has 242 valence electrons. The van der Waals surface area contributed by atoms with E-state index in [0.29, 0.717) is 29.7 Å². The van der Waals surface area contributed by atoms with E-state index in [1.165, 1.54) is 0 Å². The number of sulfone groups is 1. The minimum Gasteiger partial charge on any atom is -0.480 e. The molecule has 5 N–H and O–H groups in total. The summed E-state index contributed by atoms with van der Waals surface area (Å²) in [5, 5.41) is 19.3. The number of benzene rings is 1. The molecule has 1 aromatic rings. The Hall–Kier alpha value is -2.59. The molecular weight excluding hydrogens is 598 g/mol. The maximum absolute atomic E-state index is 13.3. The summed E-state index contributed by atoms with van der Waals surface area (Å²) in [6.45, 7) is 4.38. The summed E-state index contributed by atoms with van der Waals surface area (Å²) in [6, 6.07) is 2.70. The smallest absolute Gasteiger partial charge is 0.327 e. The number of rotatable bonds is 15. The van der Waals surface area contributed by atoms with Crippen LogP contribution in [0.3, 0.4) is 0 Å². The number of piperidine rings is 2. The molecule has 1 atom stereocenters. The van der Waals surface area contributed by atoms with E-state index in [9.17, 15) is 36.3 Å². The van der Waals surface area contributed by atoms with Crippen LogP contribution < -0.4 is 20.8 Å². The van der Waals surface area contributed by atoms with Crippen LogP contribution in [-0.4, -0.2) is 89.8 Å². The summed E-state index contributed by atoms with van der Waals surface area (Å²) >= 11 is 0. The zero-order valence-electron chi connectivity index (χ0n) is 24.9. The van der Waals surface area contributed by atoms with Crippen LogP contribution in [0.2, 0.25) is 0 Å². The first-order chi connectivity index (χ1) is 20.3. The van der Waals surface area contributed by atoms with Gasteiger partial charge >= 0.3 is 5.97 Å². The highest BCUT2D eigenvalue weighted by molar-refractivity contribution is 7.90. The molecule has 0 aliphatic carbocycles. The Balaban J connectivity index is 1.67. The summed E-state index contributed by atoms with van der Waals surface area (Å²) < 4.78 is 49.5. The van der Waals surface area contributed by atoms with Crippen molar-refractivity contribution in [2.75, 3.05) is 39.0 Å². The van der Waals surface area contributed by atoms with Gasteiger partial charge in [-0.2, -0.15) is 0 Å². The number of hydrazine groups is 1. The highest BCUT2D eigenvalue weighted by Gasteiger charge is 2.32. The third-order valence-electron chi connectivity index (χ3n) is 8.34. The van der Waals surface area contributed by atoms with E-state index >= 15 is 0 Å². The molecule has 2 fully saturated rings. The van der Waals surface area contributed by atoms with Crippen LogP contribution >= 0.6 is 0 Å². The normalized spacial score (nSPS) is 17.8. The van der Waals surface area contributed by atoms with Crippen LogP contribution in [0.25, 0.3) is 0 Å². The minimum absolute atomic E-state index is 0.101. The van der Waals surface area contributed by atoms with Gasteiger partial charge in [0.1, 0.15) is 6.04 Å². The average Bonchev–Trinajstić information content (AvgIpc) is 2.98. The molecule has 2 amide bonds. The molecule has 13 nitrogen and oxygen atoms in total. The van der Waals surface area contributed by atoms with Crippen LogP contribution in [0, 0.1) is 17.8 Å². The monoisotopic (exact) mass is 643 g/mol. The molecule has 0 spiro atoms.